The molecule has 4 rings (SSSR count). The van der Waals surface area contributed by atoms with Crippen molar-refractivity contribution < 1.29 is 13.9 Å². The van der Waals surface area contributed by atoms with Crippen LogP contribution in [0.4, 0.5) is 4.39 Å². The van der Waals surface area contributed by atoms with Crippen LogP contribution in [-0.4, -0.2) is 52.3 Å². The van der Waals surface area contributed by atoms with Gasteiger partial charge in [-0.2, -0.15) is 0 Å². The molecule has 3 heterocycles. The van der Waals surface area contributed by atoms with E-state index in [1.54, 1.807) is 12.1 Å². The molecule has 1 saturated heterocycles. The molecule has 1 fully saturated rings. The van der Waals surface area contributed by atoms with Crippen molar-refractivity contribution >= 4 is 39.2 Å². The molecule has 1 aliphatic rings. The fourth-order valence-corrected chi connectivity index (χ4v) is 4.96. The number of halogens is 1. The summed E-state index contributed by atoms with van der Waals surface area (Å²) in [5.74, 6) is 0.132. The van der Waals surface area contributed by atoms with E-state index in [1.165, 1.54) is 41.6 Å². The first-order valence-corrected chi connectivity index (χ1v) is 10.5. The van der Waals surface area contributed by atoms with Gasteiger partial charge in [-0.05, 0) is 24.6 Å². The molecule has 0 spiro atoms. The third-order valence-electron chi connectivity index (χ3n) is 4.42. The van der Waals surface area contributed by atoms with E-state index in [0.717, 1.165) is 26.4 Å². The minimum Gasteiger partial charge on any atom is -0.375 e. The summed E-state index contributed by atoms with van der Waals surface area (Å²) in [5, 5.41) is 3.69. The van der Waals surface area contributed by atoms with Gasteiger partial charge in [0.05, 0.1) is 23.8 Å². The molecule has 0 bridgehead atoms. The lowest BCUT2D eigenvalue weighted by molar-refractivity contribution is -0.135. The van der Waals surface area contributed by atoms with Gasteiger partial charge < -0.3 is 9.64 Å². The van der Waals surface area contributed by atoms with Crippen LogP contribution in [-0.2, 0) is 9.53 Å². The number of thioether (sulfide) groups is 1. The van der Waals surface area contributed by atoms with Crippen molar-refractivity contribution in [3.05, 3.63) is 41.8 Å². The average Bonchev–Trinajstić information content (AvgIpc) is 3.11. The summed E-state index contributed by atoms with van der Waals surface area (Å²) < 4.78 is 18.8. The summed E-state index contributed by atoms with van der Waals surface area (Å²) in [6.07, 6.45) is 1.59. The molecule has 1 aromatic carbocycles. The lowest BCUT2D eigenvalue weighted by Gasteiger charge is -2.31. The predicted molar refractivity (Wildman–Crippen MR) is 106 cm³/mol. The van der Waals surface area contributed by atoms with Crippen LogP contribution in [0.5, 0.6) is 0 Å². The number of thiophene rings is 1. The van der Waals surface area contributed by atoms with Crippen LogP contribution in [0, 0.1) is 5.82 Å². The number of hydrogen-bond donors (Lipinski definition) is 0. The summed E-state index contributed by atoms with van der Waals surface area (Å²) in [4.78, 5) is 24.0. The predicted octanol–water partition coefficient (Wildman–Crippen LogP) is 3.84. The number of nitrogens with zero attached hydrogens (tertiary/aromatic N) is 3. The third-order valence-corrected chi connectivity index (χ3v) is 6.28. The largest absolute Gasteiger partial charge is 0.375 e. The fraction of sp³-hybridized carbons (Fsp3) is 0.316. The number of fused-ring (bicyclic) bond motifs is 1. The number of ether oxygens (including phenoxy) is 1. The quantitative estimate of drug-likeness (QED) is 0.489. The van der Waals surface area contributed by atoms with Gasteiger partial charge in [0.2, 0.25) is 5.91 Å². The zero-order chi connectivity index (χ0) is 18.8. The number of aromatic nitrogens is 2. The van der Waals surface area contributed by atoms with Crippen LogP contribution >= 0.6 is 23.1 Å². The number of amides is 1. The smallest absolute Gasteiger partial charge is 0.233 e. The van der Waals surface area contributed by atoms with Crippen LogP contribution in [0.25, 0.3) is 21.3 Å². The number of hydrogen-bond acceptors (Lipinski definition) is 6. The van der Waals surface area contributed by atoms with Crippen molar-refractivity contribution in [3.8, 4) is 11.1 Å². The molecule has 3 aromatic rings. The zero-order valence-electron chi connectivity index (χ0n) is 14.7. The highest BCUT2D eigenvalue weighted by atomic mass is 32.2. The molecule has 27 heavy (non-hydrogen) atoms. The summed E-state index contributed by atoms with van der Waals surface area (Å²) >= 11 is 2.94. The van der Waals surface area contributed by atoms with Gasteiger partial charge in [0.25, 0.3) is 0 Å². The second-order valence-corrected chi connectivity index (χ2v) is 8.15. The SMILES string of the molecule is C[C@H]1CN(C(=O)CSc2ncnc3scc(-c4ccc(F)cc4)c23)CCO1. The molecule has 0 unspecified atom stereocenters. The fourth-order valence-electron chi connectivity index (χ4n) is 3.07. The Morgan fingerprint density at radius 3 is 2.96 bits per heavy atom. The Balaban J connectivity index is 1.57. The Hall–Kier alpha value is -2.03. The second kappa shape index (κ2) is 7.92. The molecule has 0 radical (unpaired) electrons. The van der Waals surface area contributed by atoms with E-state index in [9.17, 15) is 9.18 Å². The van der Waals surface area contributed by atoms with Gasteiger partial charge >= 0.3 is 0 Å². The highest BCUT2D eigenvalue weighted by molar-refractivity contribution is 8.00. The minimum absolute atomic E-state index is 0.0698. The first-order chi connectivity index (χ1) is 13.1. The Bertz CT molecular complexity index is 961. The summed E-state index contributed by atoms with van der Waals surface area (Å²) in [7, 11) is 0. The first kappa shape index (κ1) is 18.3. The van der Waals surface area contributed by atoms with Crippen LogP contribution in [0.15, 0.2) is 41.0 Å². The molecular weight excluding hydrogens is 385 g/mol. The maximum atomic E-state index is 13.3. The van der Waals surface area contributed by atoms with E-state index in [2.05, 4.69) is 9.97 Å². The van der Waals surface area contributed by atoms with Crippen LogP contribution in [0.2, 0.25) is 0 Å². The number of carbonyl (C=O) groups is 1. The monoisotopic (exact) mass is 403 g/mol. The van der Waals surface area contributed by atoms with Gasteiger partial charge in [0.1, 0.15) is 22.0 Å². The molecule has 1 aliphatic heterocycles. The zero-order valence-corrected chi connectivity index (χ0v) is 16.4. The highest BCUT2D eigenvalue weighted by Crippen LogP contribution is 2.37. The molecule has 140 valence electrons. The van der Waals surface area contributed by atoms with E-state index >= 15 is 0 Å². The molecule has 0 N–H and O–H groups in total. The molecule has 8 heteroatoms. The van der Waals surface area contributed by atoms with Gasteiger partial charge in [0.15, 0.2) is 0 Å². The third kappa shape index (κ3) is 3.97. The summed E-state index contributed by atoms with van der Waals surface area (Å²) in [6.45, 7) is 3.80. The Labute approximate surface area is 164 Å². The van der Waals surface area contributed by atoms with Gasteiger partial charge in [-0.15, -0.1) is 11.3 Å². The molecule has 1 amide bonds. The van der Waals surface area contributed by atoms with Crippen molar-refractivity contribution in [1.29, 1.82) is 0 Å². The molecule has 0 aliphatic carbocycles. The summed E-state index contributed by atoms with van der Waals surface area (Å²) in [5.41, 5.74) is 1.87. The van der Waals surface area contributed by atoms with E-state index < -0.39 is 0 Å². The van der Waals surface area contributed by atoms with Gasteiger partial charge in [0, 0.05) is 24.0 Å². The maximum absolute atomic E-state index is 13.3. The lowest BCUT2D eigenvalue weighted by Crippen LogP contribution is -2.45. The van der Waals surface area contributed by atoms with Crippen molar-refractivity contribution in [2.45, 2.75) is 18.1 Å². The van der Waals surface area contributed by atoms with Crippen molar-refractivity contribution in [1.82, 2.24) is 14.9 Å². The van der Waals surface area contributed by atoms with Gasteiger partial charge in [-0.3, -0.25) is 4.79 Å². The number of rotatable bonds is 4. The number of carbonyl (C=O) groups excluding carboxylic acids is 1. The minimum atomic E-state index is -0.269. The number of benzene rings is 1. The van der Waals surface area contributed by atoms with Crippen molar-refractivity contribution in [2.24, 2.45) is 0 Å². The van der Waals surface area contributed by atoms with E-state index in [4.69, 9.17) is 4.74 Å². The van der Waals surface area contributed by atoms with Crippen LogP contribution in [0.1, 0.15) is 6.92 Å². The number of morpholine rings is 1. The Morgan fingerprint density at radius 1 is 1.37 bits per heavy atom. The first-order valence-electron chi connectivity index (χ1n) is 8.62. The van der Waals surface area contributed by atoms with E-state index in [0.29, 0.717) is 25.4 Å². The Morgan fingerprint density at radius 2 is 2.19 bits per heavy atom. The lowest BCUT2D eigenvalue weighted by atomic mass is 10.1. The molecule has 5 nitrogen and oxygen atoms in total. The van der Waals surface area contributed by atoms with Crippen molar-refractivity contribution in [3.63, 3.8) is 0 Å². The van der Waals surface area contributed by atoms with Crippen LogP contribution in [0.3, 0.4) is 0 Å². The summed E-state index contributed by atoms with van der Waals surface area (Å²) in [6, 6.07) is 6.38. The average molecular weight is 404 g/mol. The Kier molecular flexibility index (Phi) is 5.38. The molecule has 2 aromatic heterocycles. The van der Waals surface area contributed by atoms with Crippen LogP contribution < -0.4 is 0 Å². The maximum Gasteiger partial charge on any atom is 0.233 e. The molecule has 0 saturated carbocycles. The topological polar surface area (TPSA) is 55.3 Å². The standard InChI is InChI=1S/C19H18FN3O2S2/c1-12-8-23(6-7-25-12)16(24)10-27-19-17-15(9-26-18(17)21-11-22-19)13-2-4-14(20)5-3-13/h2-5,9,11-12H,6-8,10H2,1H3/t12-/m0/s1. The van der Waals surface area contributed by atoms with Gasteiger partial charge in [-0.1, -0.05) is 23.9 Å². The van der Waals surface area contributed by atoms with E-state index in [1.807, 2.05) is 17.2 Å². The molecule has 1 atom stereocenters. The second-order valence-electron chi connectivity index (χ2n) is 6.33. The normalized spacial score (nSPS) is 17.4. The van der Waals surface area contributed by atoms with Crippen molar-refractivity contribution in [2.75, 3.05) is 25.4 Å². The molecular formula is C19H18FN3O2S2. The highest BCUT2D eigenvalue weighted by Gasteiger charge is 2.22. The van der Waals surface area contributed by atoms with Gasteiger partial charge in [-0.25, -0.2) is 14.4 Å². The van der Waals surface area contributed by atoms with E-state index in [-0.39, 0.29) is 17.8 Å².